The Bertz CT molecular complexity index is 967. The lowest BCUT2D eigenvalue weighted by atomic mass is 10.1. The van der Waals surface area contributed by atoms with Crippen molar-refractivity contribution in [2.45, 2.75) is 32.6 Å². The molecule has 2 aromatic carbocycles. The highest BCUT2D eigenvalue weighted by molar-refractivity contribution is 7.89. The van der Waals surface area contributed by atoms with Crippen LogP contribution in [0.3, 0.4) is 0 Å². The second-order valence-electron chi connectivity index (χ2n) is 6.55. The predicted octanol–water partition coefficient (Wildman–Crippen LogP) is 3.92. The Balaban J connectivity index is 2.23. The zero-order chi connectivity index (χ0) is 21.1. The van der Waals surface area contributed by atoms with Gasteiger partial charge in [0.05, 0.1) is 23.6 Å². The molecule has 0 spiro atoms. The lowest BCUT2D eigenvalue weighted by molar-refractivity contribution is -0.116. The predicted molar refractivity (Wildman–Crippen MR) is 112 cm³/mol. The summed E-state index contributed by atoms with van der Waals surface area (Å²) < 4.78 is 32.0. The molecule has 0 aliphatic heterocycles. The molecule has 1 N–H and O–H groups in total. The third-order valence-electron chi connectivity index (χ3n) is 4.38. The number of likely N-dealkylation sites (N-methyl/N-ethyl adjacent to an activating group) is 1. The molecule has 0 aliphatic rings. The minimum atomic E-state index is -3.88. The molecule has 1 amide bonds. The molecule has 0 heterocycles. The van der Waals surface area contributed by atoms with Crippen LogP contribution in [-0.4, -0.2) is 38.8 Å². The molecule has 152 valence electrons. The Kier molecular flexibility index (Phi) is 7.09. The summed E-state index contributed by atoms with van der Waals surface area (Å²) in [5, 5.41) is 3.02. The fourth-order valence-electron chi connectivity index (χ4n) is 3.04. The van der Waals surface area contributed by atoms with Crippen molar-refractivity contribution in [1.29, 1.82) is 0 Å². The van der Waals surface area contributed by atoms with Gasteiger partial charge in [-0.3, -0.25) is 4.79 Å². The Hall–Kier alpha value is -2.09. The van der Waals surface area contributed by atoms with Crippen LogP contribution in [0.25, 0.3) is 0 Å². The lowest BCUT2D eigenvalue weighted by Crippen LogP contribution is -2.38. The number of rotatable bonds is 7. The van der Waals surface area contributed by atoms with E-state index < -0.39 is 15.9 Å². The number of halogens is 1. The van der Waals surface area contributed by atoms with Gasteiger partial charge in [-0.25, -0.2) is 8.42 Å². The number of carbonyl (C=O) groups excluding carboxylic acids is 1. The summed E-state index contributed by atoms with van der Waals surface area (Å²) in [4.78, 5) is 12.6. The van der Waals surface area contributed by atoms with Crippen molar-refractivity contribution in [1.82, 2.24) is 4.31 Å². The van der Waals surface area contributed by atoms with Crippen LogP contribution >= 0.6 is 11.6 Å². The van der Waals surface area contributed by atoms with Crippen LogP contribution in [0.15, 0.2) is 35.2 Å². The Labute approximate surface area is 171 Å². The molecule has 0 saturated carbocycles. The van der Waals surface area contributed by atoms with Gasteiger partial charge in [-0.05, 0) is 50.1 Å². The minimum absolute atomic E-state index is 0.00986. The third-order valence-corrected chi connectivity index (χ3v) is 6.59. The Morgan fingerprint density at radius 2 is 1.75 bits per heavy atom. The highest BCUT2D eigenvalue weighted by Crippen LogP contribution is 2.28. The van der Waals surface area contributed by atoms with E-state index in [0.717, 1.165) is 21.0 Å². The molecule has 0 aliphatic carbocycles. The standard InChI is InChI=1S/C20H25ClN2O4S/c1-6-23(28(25,26)16-7-8-18(27-5)17(21)11-16)12-19(24)22-20-14(3)9-13(2)10-15(20)4/h7-11H,6,12H2,1-5H3,(H,22,24). The van der Waals surface area contributed by atoms with E-state index in [9.17, 15) is 13.2 Å². The summed E-state index contributed by atoms with van der Waals surface area (Å²) in [6.45, 7) is 7.32. The highest BCUT2D eigenvalue weighted by Gasteiger charge is 2.26. The first kappa shape index (κ1) is 22.2. The molecule has 28 heavy (non-hydrogen) atoms. The summed E-state index contributed by atoms with van der Waals surface area (Å²) in [6, 6.07) is 8.16. The summed E-state index contributed by atoms with van der Waals surface area (Å²) in [5.74, 6) is -0.0215. The number of sulfonamides is 1. The molecule has 8 heteroatoms. The summed E-state index contributed by atoms with van der Waals surface area (Å²) >= 11 is 6.06. The van der Waals surface area contributed by atoms with E-state index in [1.54, 1.807) is 6.92 Å². The quantitative estimate of drug-likeness (QED) is 0.730. The minimum Gasteiger partial charge on any atom is -0.495 e. The molecular formula is C20H25ClN2O4S. The molecule has 2 aromatic rings. The number of benzene rings is 2. The second kappa shape index (κ2) is 8.94. The highest BCUT2D eigenvalue weighted by atomic mass is 35.5. The van der Waals surface area contributed by atoms with Crippen molar-refractivity contribution in [2.24, 2.45) is 0 Å². The van der Waals surface area contributed by atoms with Crippen LogP contribution in [0.4, 0.5) is 5.69 Å². The molecule has 2 rings (SSSR count). The number of carbonyl (C=O) groups is 1. The zero-order valence-electron chi connectivity index (χ0n) is 16.7. The second-order valence-corrected chi connectivity index (χ2v) is 8.89. The molecular weight excluding hydrogens is 400 g/mol. The third kappa shape index (κ3) is 4.84. The first-order chi connectivity index (χ1) is 13.1. The van der Waals surface area contributed by atoms with Gasteiger partial charge in [0, 0.05) is 12.2 Å². The fourth-order valence-corrected chi connectivity index (χ4v) is 4.79. The molecule has 0 atom stereocenters. The molecule has 0 fully saturated rings. The first-order valence-corrected chi connectivity index (χ1v) is 10.6. The van der Waals surface area contributed by atoms with Crippen LogP contribution < -0.4 is 10.1 Å². The van der Waals surface area contributed by atoms with Gasteiger partial charge in [0.1, 0.15) is 5.75 Å². The van der Waals surface area contributed by atoms with Crippen molar-refractivity contribution in [3.63, 3.8) is 0 Å². The van der Waals surface area contributed by atoms with E-state index in [0.29, 0.717) is 11.4 Å². The fraction of sp³-hybridized carbons (Fsp3) is 0.350. The van der Waals surface area contributed by atoms with Crippen LogP contribution in [0.2, 0.25) is 5.02 Å². The van der Waals surface area contributed by atoms with E-state index in [-0.39, 0.29) is 23.0 Å². The average molecular weight is 425 g/mol. The van der Waals surface area contributed by atoms with Crippen molar-refractivity contribution in [3.8, 4) is 5.75 Å². The average Bonchev–Trinajstić information content (AvgIpc) is 2.62. The molecule has 0 bridgehead atoms. The van der Waals surface area contributed by atoms with E-state index in [1.165, 1.54) is 25.3 Å². The maximum atomic E-state index is 12.9. The summed E-state index contributed by atoms with van der Waals surface area (Å²) in [7, 11) is -2.43. The molecule has 0 unspecified atom stereocenters. The van der Waals surface area contributed by atoms with E-state index >= 15 is 0 Å². The SMILES string of the molecule is CCN(CC(=O)Nc1c(C)cc(C)cc1C)S(=O)(=O)c1ccc(OC)c(Cl)c1. The molecule has 6 nitrogen and oxygen atoms in total. The lowest BCUT2D eigenvalue weighted by Gasteiger charge is -2.21. The number of nitrogens with one attached hydrogen (secondary N) is 1. The van der Waals surface area contributed by atoms with Gasteiger partial charge in [0.25, 0.3) is 0 Å². The number of nitrogens with zero attached hydrogens (tertiary/aromatic N) is 1. The van der Waals surface area contributed by atoms with Gasteiger partial charge in [-0.15, -0.1) is 0 Å². The van der Waals surface area contributed by atoms with E-state index in [1.807, 2.05) is 32.9 Å². The monoisotopic (exact) mass is 424 g/mol. The number of ether oxygens (including phenoxy) is 1. The van der Waals surface area contributed by atoms with Crippen molar-refractivity contribution < 1.29 is 17.9 Å². The van der Waals surface area contributed by atoms with Gasteiger partial charge in [-0.1, -0.05) is 36.2 Å². The number of hydrogen-bond acceptors (Lipinski definition) is 4. The van der Waals surface area contributed by atoms with E-state index in [4.69, 9.17) is 16.3 Å². The topological polar surface area (TPSA) is 75.7 Å². The van der Waals surface area contributed by atoms with Gasteiger partial charge in [-0.2, -0.15) is 4.31 Å². The maximum absolute atomic E-state index is 12.9. The van der Waals surface area contributed by atoms with Gasteiger partial charge < -0.3 is 10.1 Å². The largest absolute Gasteiger partial charge is 0.495 e. The van der Waals surface area contributed by atoms with Crippen molar-refractivity contribution >= 4 is 33.2 Å². The molecule has 0 saturated heterocycles. The Morgan fingerprint density at radius 3 is 2.25 bits per heavy atom. The van der Waals surface area contributed by atoms with Crippen LogP contribution in [0, 0.1) is 20.8 Å². The number of amides is 1. The van der Waals surface area contributed by atoms with Gasteiger partial charge in [0.15, 0.2) is 0 Å². The number of aryl methyl sites for hydroxylation is 3. The zero-order valence-corrected chi connectivity index (χ0v) is 18.2. The first-order valence-electron chi connectivity index (χ1n) is 8.81. The summed E-state index contributed by atoms with van der Waals surface area (Å²) in [5.41, 5.74) is 3.66. The maximum Gasteiger partial charge on any atom is 0.243 e. The van der Waals surface area contributed by atoms with Gasteiger partial charge >= 0.3 is 0 Å². The van der Waals surface area contributed by atoms with Crippen LogP contribution in [-0.2, 0) is 14.8 Å². The van der Waals surface area contributed by atoms with Crippen molar-refractivity contribution in [2.75, 3.05) is 25.5 Å². The molecule has 0 radical (unpaired) electrons. The van der Waals surface area contributed by atoms with Crippen molar-refractivity contribution in [3.05, 3.63) is 52.0 Å². The number of methoxy groups -OCH3 is 1. The van der Waals surface area contributed by atoms with Gasteiger partial charge in [0.2, 0.25) is 15.9 Å². The normalized spacial score (nSPS) is 11.5. The number of anilines is 1. The smallest absolute Gasteiger partial charge is 0.243 e. The van der Waals surface area contributed by atoms with E-state index in [2.05, 4.69) is 5.32 Å². The number of hydrogen-bond donors (Lipinski definition) is 1. The summed E-state index contributed by atoms with van der Waals surface area (Å²) in [6.07, 6.45) is 0. The van der Waals surface area contributed by atoms with Crippen LogP contribution in [0.1, 0.15) is 23.6 Å². The van der Waals surface area contributed by atoms with Crippen LogP contribution in [0.5, 0.6) is 5.75 Å². The Morgan fingerprint density at radius 1 is 1.14 bits per heavy atom. The molecule has 0 aromatic heterocycles.